The minimum Gasteiger partial charge on any atom is -0.296 e. The van der Waals surface area contributed by atoms with Crippen molar-refractivity contribution in [2.24, 2.45) is 0 Å². The van der Waals surface area contributed by atoms with Gasteiger partial charge in [-0.05, 0) is 19.4 Å². The van der Waals surface area contributed by atoms with Gasteiger partial charge in [-0.15, -0.1) is 0 Å². The molecule has 2 aromatic rings. The van der Waals surface area contributed by atoms with Gasteiger partial charge in [-0.2, -0.15) is 0 Å². The number of aromatic nitrogens is 2. The fourth-order valence-electron chi connectivity index (χ4n) is 2.22. The smallest absolute Gasteiger partial charge is 0.270 e. The second kappa shape index (κ2) is 5.81. The Morgan fingerprint density at radius 1 is 1.35 bits per heavy atom. The molecular weight excluding hydrogens is 258 g/mol. The molecule has 0 aliphatic rings. The fraction of sp³-hybridized carbons (Fsp3) is 0.429. The first-order valence-corrected chi connectivity index (χ1v) is 6.70. The zero-order chi connectivity index (χ0) is 14.7. The number of benzene rings is 1. The van der Waals surface area contributed by atoms with E-state index in [1.807, 2.05) is 0 Å². The minimum absolute atomic E-state index is 0.0830. The number of fused-ring (bicyclic) bond motifs is 1. The number of non-ortho nitro benzene ring substituents is 1. The van der Waals surface area contributed by atoms with Crippen LogP contribution in [0.5, 0.6) is 0 Å². The van der Waals surface area contributed by atoms with Crippen LogP contribution in [-0.2, 0) is 6.54 Å². The van der Waals surface area contributed by atoms with Crippen molar-refractivity contribution in [2.45, 2.75) is 39.7 Å². The molecule has 0 aliphatic carbocycles. The predicted molar refractivity (Wildman–Crippen MR) is 76.9 cm³/mol. The van der Waals surface area contributed by atoms with Crippen molar-refractivity contribution < 1.29 is 4.92 Å². The zero-order valence-electron chi connectivity index (χ0n) is 11.6. The Kier molecular flexibility index (Phi) is 4.12. The molecule has 2 rings (SSSR count). The van der Waals surface area contributed by atoms with Gasteiger partial charge in [0, 0.05) is 18.7 Å². The standard InChI is InChI=1S/C14H17N3O3/c1-3-4-5-8-16-10(2)15-13-7-6-11(17(19)20)9-12(13)14(16)18/h6-7,9H,3-5,8H2,1-2H3. The SMILES string of the molecule is CCCCCn1c(C)nc2ccc([N+](=O)[O-])cc2c1=O. The summed E-state index contributed by atoms with van der Waals surface area (Å²) in [6, 6.07) is 4.20. The third-order valence-corrected chi connectivity index (χ3v) is 3.32. The van der Waals surface area contributed by atoms with Crippen LogP contribution in [0.15, 0.2) is 23.0 Å². The number of nitro groups is 1. The van der Waals surface area contributed by atoms with Crippen LogP contribution < -0.4 is 5.56 Å². The molecule has 6 nitrogen and oxygen atoms in total. The fourth-order valence-corrected chi connectivity index (χ4v) is 2.22. The van der Waals surface area contributed by atoms with Gasteiger partial charge in [0.25, 0.3) is 11.2 Å². The predicted octanol–water partition coefficient (Wildman–Crippen LogP) is 2.80. The van der Waals surface area contributed by atoms with Crippen LogP contribution >= 0.6 is 0 Å². The maximum absolute atomic E-state index is 12.4. The topological polar surface area (TPSA) is 78.0 Å². The molecule has 0 radical (unpaired) electrons. The van der Waals surface area contributed by atoms with E-state index >= 15 is 0 Å². The highest BCUT2D eigenvalue weighted by Crippen LogP contribution is 2.17. The number of unbranched alkanes of at least 4 members (excludes halogenated alkanes) is 2. The number of hydrogen-bond donors (Lipinski definition) is 0. The van der Waals surface area contributed by atoms with Crippen molar-refractivity contribution in [1.29, 1.82) is 0 Å². The van der Waals surface area contributed by atoms with Crippen molar-refractivity contribution in [3.8, 4) is 0 Å². The largest absolute Gasteiger partial charge is 0.296 e. The maximum Gasteiger partial charge on any atom is 0.270 e. The molecule has 106 valence electrons. The summed E-state index contributed by atoms with van der Waals surface area (Å²) in [6.07, 6.45) is 3.01. The Hall–Kier alpha value is -2.24. The highest BCUT2D eigenvalue weighted by Gasteiger charge is 2.12. The number of rotatable bonds is 5. The van der Waals surface area contributed by atoms with Gasteiger partial charge in [0.05, 0.1) is 15.8 Å². The zero-order valence-corrected chi connectivity index (χ0v) is 11.6. The van der Waals surface area contributed by atoms with Crippen molar-refractivity contribution in [3.63, 3.8) is 0 Å². The van der Waals surface area contributed by atoms with Gasteiger partial charge in [-0.1, -0.05) is 19.8 Å². The van der Waals surface area contributed by atoms with Crippen LogP contribution in [0, 0.1) is 17.0 Å². The van der Waals surface area contributed by atoms with Gasteiger partial charge in [0.15, 0.2) is 0 Å². The first-order chi connectivity index (χ1) is 9.54. The van der Waals surface area contributed by atoms with Crippen molar-refractivity contribution >= 4 is 16.6 Å². The molecular formula is C14H17N3O3. The molecule has 0 unspecified atom stereocenters. The average Bonchev–Trinajstić information content (AvgIpc) is 2.42. The molecule has 1 heterocycles. The van der Waals surface area contributed by atoms with Gasteiger partial charge in [0.1, 0.15) is 5.82 Å². The summed E-state index contributed by atoms with van der Waals surface area (Å²) in [6.45, 7) is 4.48. The Balaban J connectivity index is 2.53. The van der Waals surface area contributed by atoms with E-state index in [0.29, 0.717) is 23.3 Å². The molecule has 0 saturated heterocycles. The van der Waals surface area contributed by atoms with Gasteiger partial charge in [-0.25, -0.2) is 4.98 Å². The van der Waals surface area contributed by atoms with Gasteiger partial charge >= 0.3 is 0 Å². The summed E-state index contributed by atoms with van der Waals surface area (Å²) in [5.41, 5.74) is 0.220. The summed E-state index contributed by atoms with van der Waals surface area (Å²) >= 11 is 0. The number of aryl methyl sites for hydroxylation is 1. The number of nitro benzene ring substituents is 1. The lowest BCUT2D eigenvalue weighted by Crippen LogP contribution is -2.24. The quantitative estimate of drug-likeness (QED) is 0.477. The average molecular weight is 275 g/mol. The van der Waals surface area contributed by atoms with Gasteiger partial charge in [0.2, 0.25) is 0 Å². The first kappa shape index (κ1) is 14.2. The van der Waals surface area contributed by atoms with Crippen molar-refractivity contribution in [3.05, 3.63) is 44.5 Å². The minimum atomic E-state index is -0.500. The molecule has 0 N–H and O–H groups in total. The molecule has 0 bridgehead atoms. The van der Waals surface area contributed by atoms with Crippen LogP contribution in [-0.4, -0.2) is 14.5 Å². The van der Waals surface area contributed by atoms with E-state index in [0.717, 1.165) is 19.3 Å². The first-order valence-electron chi connectivity index (χ1n) is 6.70. The normalized spacial score (nSPS) is 10.9. The van der Waals surface area contributed by atoms with E-state index in [9.17, 15) is 14.9 Å². The molecule has 0 spiro atoms. The molecule has 1 aromatic carbocycles. The van der Waals surface area contributed by atoms with E-state index in [1.165, 1.54) is 18.2 Å². The molecule has 0 amide bonds. The molecule has 0 aliphatic heterocycles. The van der Waals surface area contributed by atoms with E-state index in [2.05, 4.69) is 11.9 Å². The maximum atomic E-state index is 12.4. The van der Waals surface area contributed by atoms with Crippen molar-refractivity contribution in [1.82, 2.24) is 9.55 Å². The summed E-state index contributed by atoms with van der Waals surface area (Å²) in [7, 11) is 0. The van der Waals surface area contributed by atoms with Crippen LogP contribution in [0.1, 0.15) is 32.0 Å². The van der Waals surface area contributed by atoms with E-state index in [-0.39, 0.29) is 11.2 Å². The summed E-state index contributed by atoms with van der Waals surface area (Å²) < 4.78 is 1.60. The number of hydrogen-bond acceptors (Lipinski definition) is 4. The second-order valence-electron chi connectivity index (χ2n) is 4.78. The van der Waals surface area contributed by atoms with Gasteiger partial charge in [-0.3, -0.25) is 19.5 Å². The van der Waals surface area contributed by atoms with E-state index < -0.39 is 4.92 Å². The van der Waals surface area contributed by atoms with Crippen LogP contribution in [0.25, 0.3) is 10.9 Å². The third-order valence-electron chi connectivity index (χ3n) is 3.32. The van der Waals surface area contributed by atoms with Crippen LogP contribution in [0.4, 0.5) is 5.69 Å². The molecule has 1 aromatic heterocycles. The Morgan fingerprint density at radius 3 is 2.75 bits per heavy atom. The van der Waals surface area contributed by atoms with Crippen molar-refractivity contribution in [2.75, 3.05) is 0 Å². The lowest BCUT2D eigenvalue weighted by atomic mass is 10.2. The number of nitrogens with zero attached hydrogens (tertiary/aromatic N) is 3. The van der Waals surface area contributed by atoms with Gasteiger partial charge < -0.3 is 0 Å². The third kappa shape index (κ3) is 2.68. The lowest BCUT2D eigenvalue weighted by Gasteiger charge is -2.10. The Bertz CT molecular complexity index is 707. The molecule has 0 atom stereocenters. The molecule has 6 heteroatoms. The summed E-state index contributed by atoms with van der Waals surface area (Å²) in [5.74, 6) is 0.646. The Morgan fingerprint density at radius 2 is 2.10 bits per heavy atom. The van der Waals surface area contributed by atoms with E-state index in [1.54, 1.807) is 11.5 Å². The lowest BCUT2D eigenvalue weighted by molar-refractivity contribution is -0.384. The van der Waals surface area contributed by atoms with Crippen LogP contribution in [0.2, 0.25) is 0 Å². The monoisotopic (exact) mass is 275 g/mol. The Labute approximate surface area is 116 Å². The molecule has 0 saturated carbocycles. The molecule has 20 heavy (non-hydrogen) atoms. The highest BCUT2D eigenvalue weighted by atomic mass is 16.6. The van der Waals surface area contributed by atoms with Crippen LogP contribution in [0.3, 0.4) is 0 Å². The highest BCUT2D eigenvalue weighted by molar-refractivity contribution is 5.80. The molecule has 0 fully saturated rings. The second-order valence-corrected chi connectivity index (χ2v) is 4.78. The summed E-state index contributed by atoms with van der Waals surface area (Å²) in [5, 5.41) is 11.1. The summed E-state index contributed by atoms with van der Waals surface area (Å²) in [4.78, 5) is 27.1. The van der Waals surface area contributed by atoms with E-state index in [4.69, 9.17) is 0 Å².